The van der Waals surface area contributed by atoms with E-state index in [-0.39, 0.29) is 48.9 Å². The number of alkyl halides is 2. The Morgan fingerprint density at radius 2 is 1.73 bits per heavy atom. The summed E-state index contributed by atoms with van der Waals surface area (Å²) in [6.07, 6.45) is -5.87. The number of nitrogens with zero attached hydrogens (tertiary/aromatic N) is 4. The summed E-state index contributed by atoms with van der Waals surface area (Å²) in [5, 5.41) is 21.7. The third kappa shape index (κ3) is 9.33. The fourth-order valence-electron chi connectivity index (χ4n) is 4.57. The quantitative estimate of drug-likeness (QED) is 0.297. The Morgan fingerprint density at radius 3 is 2.34 bits per heavy atom. The number of amides is 2. The number of benzene rings is 2. The van der Waals surface area contributed by atoms with Crippen molar-refractivity contribution in [3.8, 4) is 17.6 Å². The lowest BCUT2D eigenvalue weighted by atomic mass is 9.99. The van der Waals surface area contributed by atoms with Crippen LogP contribution in [-0.2, 0) is 26.0 Å². The lowest BCUT2D eigenvalue weighted by Crippen LogP contribution is -2.60. The Bertz CT molecular complexity index is 1450. The highest BCUT2D eigenvalue weighted by molar-refractivity contribution is 7.89. The highest BCUT2D eigenvalue weighted by Crippen LogP contribution is 2.42. The van der Waals surface area contributed by atoms with Gasteiger partial charge in [0, 0.05) is 32.0 Å². The second-order valence-electron chi connectivity index (χ2n) is 11.0. The van der Waals surface area contributed by atoms with Crippen molar-refractivity contribution in [3.05, 3.63) is 54.1 Å². The van der Waals surface area contributed by atoms with Gasteiger partial charge in [-0.1, -0.05) is 44.2 Å². The third-order valence-corrected chi connectivity index (χ3v) is 8.29. The molecule has 0 bridgehead atoms. The molecule has 240 valence electrons. The van der Waals surface area contributed by atoms with Crippen LogP contribution in [0, 0.1) is 17.2 Å². The molecule has 0 saturated heterocycles. The summed E-state index contributed by atoms with van der Waals surface area (Å²) in [7, 11) is -1.09. The standard InChI is InChI=1S/C29H37F2N5O7S/c1-20(2)17-35(44(40,41)22-12-13-25-26(16-22)43-29(30,31)42-25)18-24(37)23(15-21-9-6-5-7-10-21)36(28(39)11-8-14-32)33-27(38)19-34(3)4/h5-7,9-10,12-13,16,20,23-24,37H,8,11,15,17-19H2,1-4H3,(H,33,38)/t23?,24-/m1/s1. The maximum absolute atomic E-state index is 13.8. The molecular weight excluding hydrogens is 600 g/mol. The summed E-state index contributed by atoms with van der Waals surface area (Å²) >= 11 is 0. The number of nitriles is 1. The molecule has 0 fully saturated rings. The summed E-state index contributed by atoms with van der Waals surface area (Å²) in [6.45, 7) is 2.84. The number of ether oxygens (including phenoxy) is 2. The largest absolute Gasteiger partial charge is 0.586 e. The summed E-state index contributed by atoms with van der Waals surface area (Å²) in [5.41, 5.74) is 3.23. The predicted octanol–water partition coefficient (Wildman–Crippen LogP) is 2.35. The third-order valence-electron chi connectivity index (χ3n) is 6.46. The summed E-state index contributed by atoms with van der Waals surface area (Å²) in [5.74, 6) is -2.22. The number of likely N-dealkylation sites (N-methyl/N-ethyl adjacent to an activating group) is 1. The zero-order valence-corrected chi connectivity index (χ0v) is 25.8. The van der Waals surface area contributed by atoms with Gasteiger partial charge in [-0.15, -0.1) is 8.78 Å². The van der Waals surface area contributed by atoms with Gasteiger partial charge in [0.1, 0.15) is 0 Å². The zero-order valence-electron chi connectivity index (χ0n) is 24.9. The lowest BCUT2D eigenvalue weighted by molar-refractivity contribution is -0.286. The van der Waals surface area contributed by atoms with Crippen LogP contribution in [0.2, 0.25) is 0 Å². The van der Waals surface area contributed by atoms with E-state index in [1.165, 1.54) is 0 Å². The van der Waals surface area contributed by atoms with Crippen molar-refractivity contribution < 1.29 is 41.4 Å². The number of rotatable bonds is 14. The zero-order chi connectivity index (χ0) is 32.7. The molecule has 15 heteroatoms. The highest BCUT2D eigenvalue weighted by atomic mass is 32.2. The SMILES string of the molecule is CC(C)CN(C[C@@H](O)C(Cc1ccccc1)N(NC(=O)CN(C)C)C(=O)CCC#N)S(=O)(=O)c1ccc2c(c1)OC(F)(F)O2. The molecule has 2 N–H and O–H groups in total. The Labute approximate surface area is 255 Å². The predicted molar refractivity (Wildman–Crippen MR) is 155 cm³/mol. The molecule has 0 radical (unpaired) electrons. The number of fused-ring (bicyclic) bond motifs is 1. The Kier molecular flexibility index (Phi) is 11.6. The van der Waals surface area contributed by atoms with Gasteiger partial charge in [0.05, 0.1) is 29.7 Å². The van der Waals surface area contributed by atoms with Crippen LogP contribution < -0.4 is 14.9 Å². The molecule has 0 saturated carbocycles. The minimum atomic E-state index is -4.40. The number of carbonyl (C=O) groups excluding carboxylic acids is 2. The summed E-state index contributed by atoms with van der Waals surface area (Å²) in [4.78, 5) is 27.3. The minimum absolute atomic E-state index is 0.0250. The number of hydrogen-bond acceptors (Lipinski definition) is 9. The van der Waals surface area contributed by atoms with Crippen LogP contribution in [0.1, 0.15) is 32.3 Å². The summed E-state index contributed by atoms with van der Waals surface area (Å²) < 4.78 is 64.6. The van der Waals surface area contributed by atoms with Gasteiger partial charge < -0.3 is 19.5 Å². The van der Waals surface area contributed by atoms with Crippen molar-refractivity contribution in [2.45, 2.75) is 56.4 Å². The van der Waals surface area contributed by atoms with E-state index < -0.39 is 52.6 Å². The second-order valence-corrected chi connectivity index (χ2v) is 12.9. The maximum atomic E-state index is 13.8. The molecule has 12 nitrogen and oxygen atoms in total. The van der Waals surface area contributed by atoms with E-state index in [4.69, 9.17) is 5.26 Å². The van der Waals surface area contributed by atoms with Crippen molar-refractivity contribution in [2.75, 3.05) is 33.7 Å². The lowest BCUT2D eigenvalue weighted by Gasteiger charge is -2.37. The molecule has 1 aliphatic rings. The minimum Gasteiger partial charge on any atom is -0.395 e. The van der Waals surface area contributed by atoms with Crippen molar-refractivity contribution >= 4 is 21.8 Å². The first kappa shape index (κ1) is 34.6. The fraction of sp³-hybridized carbons (Fsp3) is 0.483. The molecule has 2 aromatic carbocycles. The van der Waals surface area contributed by atoms with E-state index in [0.29, 0.717) is 5.56 Å². The maximum Gasteiger partial charge on any atom is 0.586 e. The van der Waals surface area contributed by atoms with Crippen LogP contribution in [0.5, 0.6) is 11.5 Å². The molecule has 1 unspecified atom stereocenters. The number of aliphatic hydroxyl groups is 1. The number of sulfonamides is 1. The molecule has 1 heterocycles. The van der Waals surface area contributed by atoms with Gasteiger partial charge in [0.25, 0.3) is 5.91 Å². The summed E-state index contributed by atoms with van der Waals surface area (Å²) in [6, 6.07) is 12.6. The number of hydrazine groups is 1. The van der Waals surface area contributed by atoms with Gasteiger partial charge in [0.2, 0.25) is 15.9 Å². The van der Waals surface area contributed by atoms with E-state index in [1.807, 2.05) is 6.07 Å². The number of carbonyl (C=O) groups is 2. The molecule has 2 atom stereocenters. The fourth-order valence-corrected chi connectivity index (χ4v) is 6.21. The first-order chi connectivity index (χ1) is 20.6. The molecule has 2 amide bonds. The highest BCUT2D eigenvalue weighted by Gasteiger charge is 2.44. The smallest absolute Gasteiger partial charge is 0.395 e. The van der Waals surface area contributed by atoms with Crippen LogP contribution in [0.4, 0.5) is 8.78 Å². The van der Waals surface area contributed by atoms with Gasteiger partial charge in [0.15, 0.2) is 11.5 Å². The Hall–Kier alpha value is -3.84. The van der Waals surface area contributed by atoms with Gasteiger partial charge in [-0.25, -0.2) is 13.4 Å². The monoisotopic (exact) mass is 637 g/mol. The molecule has 3 rings (SSSR count). The number of halogens is 2. The second kappa shape index (κ2) is 14.8. The average Bonchev–Trinajstić information content (AvgIpc) is 3.26. The molecule has 0 aliphatic carbocycles. The van der Waals surface area contributed by atoms with Crippen LogP contribution in [-0.4, -0.2) is 91.7 Å². The molecule has 1 aliphatic heterocycles. The Morgan fingerprint density at radius 1 is 1.07 bits per heavy atom. The van der Waals surface area contributed by atoms with Crippen LogP contribution in [0.25, 0.3) is 0 Å². The number of aliphatic hydroxyl groups excluding tert-OH is 1. The van der Waals surface area contributed by atoms with Crippen LogP contribution in [0.15, 0.2) is 53.4 Å². The molecule has 2 aromatic rings. The van der Waals surface area contributed by atoms with Crippen molar-refractivity contribution in [2.24, 2.45) is 5.92 Å². The topological polar surface area (TPSA) is 153 Å². The molecule has 44 heavy (non-hydrogen) atoms. The van der Waals surface area contributed by atoms with Gasteiger partial charge >= 0.3 is 6.29 Å². The molecular formula is C29H37F2N5O7S. The molecule has 0 spiro atoms. The average molecular weight is 638 g/mol. The van der Waals surface area contributed by atoms with E-state index in [9.17, 15) is 31.9 Å². The van der Waals surface area contributed by atoms with Gasteiger partial charge in [-0.05, 0) is 44.1 Å². The van der Waals surface area contributed by atoms with Crippen molar-refractivity contribution in [1.82, 2.24) is 19.6 Å². The Balaban J connectivity index is 2.00. The molecule has 0 aromatic heterocycles. The van der Waals surface area contributed by atoms with Crippen LogP contribution in [0.3, 0.4) is 0 Å². The van der Waals surface area contributed by atoms with Crippen molar-refractivity contribution in [1.29, 1.82) is 5.26 Å². The van der Waals surface area contributed by atoms with Crippen LogP contribution >= 0.6 is 0 Å². The van der Waals surface area contributed by atoms with E-state index >= 15 is 0 Å². The number of nitrogens with one attached hydrogen (secondary N) is 1. The van der Waals surface area contributed by atoms with E-state index in [0.717, 1.165) is 27.5 Å². The first-order valence-electron chi connectivity index (χ1n) is 13.9. The number of hydrogen-bond donors (Lipinski definition) is 2. The van der Waals surface area contributed by atoms with E-state index in [2.05, 4.69) is 14.9 Å². The normalized spacial score (nSPS) is 15.2. The van der Waals surface area contributed by atoms with Gasteiger partial charge in [-0.2, -0.15) is 9.57 Å². The van der Waals surface area contributed by atoms with E-state index in [1.54, 1.807) is 63.2 Å². The van der Waals surface area contributed by atoms with Crippen molar-refractivity contribution in [3.63, 3.8) is 0 Å². The van der Waals surface area contributed by atoms with Gasteiger partial charge in [-0.3, -0.25) is 15.0 Å². The first-order valence-corrected chi connectivity index (χ1v) is 15.3.